The second-order valence-corrected chi connectivity index (χ2v) is 4.75. The summed E-state index contributed by atoms with van der Waals surface area (Å²) in [5, 5.41) is 9.48. The van der Waals surface area contributed by atoms with Crippen molar-refractivity contribution >= 4 is 11.6 Å². The minimum atomic E-state index is 0.199. The number of hydrogen-bond donors (Lipinski definition) is 1. The largest absolute Gasteiger partial charge is 0.508 e. The molecule has 0 atom stereocenters. The highest BCUT2D eigenvalue weighted by Gasteiger charge is 2.17. The van der Waals surface area contributed by atoms with Crippen LogP contribution in [0.3, 0.4) is 0 Å². The van der Waals surface area contributed by atoms with Crippen molar-refractivity contribution in [3.63, 3.8) is 0 Å². The van der Waals surface area contributed by atoms with E-state index >= 15 is 0 Å². The Labute approximate surface area is 123 Å². The average Bonchev–Trinajstić information content (AvgIpc) is 2.53. The summed E-state index contributed by atoms with van der Waals surface area (Å²) < 4.78 is 16.4. The molecular formula is C17H16O4. The number of hydrogen-bond acceptors (Lipinski definition) is 4. The molecule has 0 fully saturated rings. The molecule has 0 aromatic heterocycles. The van der Waals surface area contributed by atoms with Crippen LogP contribution in [-0.2, 0) is 0 Å². The van der Waals surface area contributed by atoms with Gasteiger partial charge in [0.2, 0.25) is 0 Å². The molecule has 0 saturated heterocycles. The molecule has 0 saturated carbocycles. The summed E-state index contributed by atoms with van der Waals surface area (Å²) in [6.45, 7) is 0.417. The first-order chi connectivity index (χ1) is 10.2. The first kappa shape index (κ1) is 13.4. The highest BCUT2D eigenvalue weighted by atomic mass is 16.5. The fourth-order valence-corrected chi connectivity index (χ4v) is 2.37. The summed E-state index contributed by atoms with van der Waals surface area (Å²) in [6, 6.07) is 10.8. The summed E-state index contributed by atoms with van der Waals surface area (Å²) >= 11 is 0. The number of methoxy groups -OCH3 is 2. The summed E-state index contributed by atoms with van der Waals surface area (Å²) in [5.41, 5.74) is 2.87. The van der Waals surface area contributed by atoms with E-state index in [1.54, 1.807) is 26.4 Å². The van der Waals surface area contributed by atoms with Gasteiger partial charge in [0.05, 0.1) is 14.2 Å². The molecule has 2 aromatic carbocycles. The third-order valence-corrected chi connectivity index (χ3v) is 3.46. The van der Waals surface area contributed by atoms with Gasteiger partial charge in [0.15, 0.2) is 0 Å². The van der Waals surface area contributed by atoms with Gasteiger partial charge in [0.25, 0.3) is 0 Å². The van der Waals surface area contributed by atoms with Crippen LogP contribution in [0.5, 0.6) is 23.0 Å². The SMILES string of the molecule is COc1ccc(OC)c(C2=Cc3ccc(O)cc3OC2)c1. The Bertz CT molecular complexity index is 704. The van der Waals surface area contributed by atoms with E-state index < -0.39 is 0 Å². The van der Waals surface area contributed by atoms with Crippen LogP contribution < -0.4 is 14.2 Å². The Hall–Kier alpha value is -2.62. The lowest BCUT2D eigenvalue weighted by Gasteiger charge is -2.20. The van der Waals surface area contributed by atoms with Gasteiger partial charge in [-0.2, -0.15) is 0 Å². The smallest absolute Gasteiger partial charge is 0.130 e. The predicted molar refractivity (Wildman–Crippen MR) is 81.0 cm³/mol. The fourth-order valence-electron chi connectivity index (χ4n) is 2.37. The summed E-state index contributed by atoms with van der Waals surface area (Å²) in [6.07, 6.45) is 2.04. The van der Waals surface area contributed by atoms with Crippen molar-refractivity contribution in [2.24, 2.45) is 0 Å². The van der Waals surface area contributed by atoms with Gasteiger partial charge < -0.3 is 19.3 Å². The van der Waals surface area contributed by atoms with Crippen molar-refractivity contribution in [2.45, 2.75) is 0 Å². The quantitative estimate of drug-likeness (QED) is 0.939. The number of phenols is 1. The molecular weight excluding hydrogens is 268 g/mol. The Morgan fingerprint density at radius 2 is 1.90 bits per heavy atom. The van der Waals surface area contributed by atoms with Gasteiger partial charge in [0.1, 0.15) is 29.6 Å². The van der Waals surface area contributed by atoms with Crippen molar-refractivity contribution in [1.82, 2.24) is 0 Å². The Morgan fingerprint density at radius 3 is 2.67 bits per heavy atom. The number of rotatable bonds is 3. The monoisotopic (exact) mass is 284 g/mol. The molecule has 3 rings (SSSR count). The zero-order chi connectivity index (χ0) is 14.8. The van der Waals surface area contributed by atoms with Crippen LogP contribution in [0.1, 0.15) is 11.1 Å². The highest BCUT2D eigenvalue weighted by molar-refractivity contribution is 5.88. The lowest BCUT2D eigenvalue weighted by Crippen LogP contribution is -2.07. The van der Waals surface area contributed by atoms with E-state index in [2.05, 4.69) is 0 Å². The Balaban J connectivity index is 2.07. The van der Waals surface area contributed by atoms with Crippen LogP contribution in [0.15, 0.2) is 36.4 Å². The van der Waals surface area contributed by atoms with Gasteiger partial charge >= 0.3 is 0 Å². The first-order valence-corrected chi connectivity index (χ1v) is 6.60. The van der Waals surface area contributed by atoms with Crippen LogP contribution in [0.25, 0.3) is 11.6 Å². The molecule has 0 bridgehead atoms. The number of ether oxygens (including phenoxy) is 3. The lowest BCUT2D eigenvalue weighted by molar-refractivity contribution is 0.360. The minimum Gasteiger partial charge on any atom is -0.508 e. The number of phenolic OH excluding ortho intramolecular Hbond substituents is 1. The van der Waals surface area contributed by atoms with Gasteiger partial charge in [-0.25, -0.2) is 0 Å². The van der Waals surface area contributed by atoms with E-state index in [4.69, 9.17) is 14.2 Å². The lowest BCUT2D eigenvalue weighted by atomic mass is 9.99. The van der Waals surface area contributed by atoms with Crippen LogP contribution in [0.4, 0.5) is 0 Å². The van der Waals surface area contributed by atoms with Gasteiger partial charge in [0, 0.05) is 22.8 Å². The topological polar surface area (TPSA) is 47.9 Å². The maximum atomic E-state index is 9.48. The molecule has 0 radical (unpaired) electrons. The average molecular weight is 284 g/mol. The van der Waals surface area contributed by atoms with Gasteiger partial charge in [-0.05, 0) is 36.4 Å². The molecule has 2 aromatic rings. The summed E-state index contributed by atoms with van der Waals surface area (Å²) in [5.74, 6) is 2.42. The molecule has 0 amide bonds. The van der Waals surface area contributed by atoms with E-state index in [1.165, 1.54) is 0 Å². The van der Waals surface area contributed by atoms with Crippen molar-refractivity contribution in [2.75, 3.05) is 20.8 Å². The zero-order valence-electron chi connectivity index (χ0n) is 11.9. The molecule has 4 nitrogen and oxygen atoms in total. The van der Waals surface area contributed by atoms with E-state index in [0.29, 0.717) is 12.4 Å². The Kier molecular flexibility index (Phi) is 3.44. The number of benzene rings is 2. The van der Waals surface area contributed by atoms with Crippen molar-refractivity contribution < 1.29 is 19.3 Å². The second-order valence-electron chi connectivity index (χ2n) is 4.75. The zero-order valence-corrected chi connectivity index (χ0v) is 11.9. The Morgan fingerprint density at radius 1 is 1.05 bits per heavy atom. The van der Waals surface area contributed by atoms with Crippen LogP contribution in [-0.4, -0.2) is 25.9 Å². The van der Waals surface area contributed by atoms with Crippen molar-refractivity contribution in [1.29, 1.82) is 0 Å². The van der Waals surface area contributed by atoms with Crippen LogP contribution >= 0.6 is 0 Å². The second kappa shape index (κ2) is 5.40. The fraction of sp³-hybridized carbons (Fsp3) is 0.176. The van der Waals surface area contributed by atoms with E-state index in [-0.39, 0.29) is 5.75 Å². The molecule has 0 spiro atoms. The first-order valence-electron chi connectivity index (χ1n) is 6.60. The maximum Gasteiger partial charge on any atom is 0.130 e. The minimum absolute atomic E-state index is 0.199. The maximum absolute atomic E-state index is 9.48. The third kappa shape index (κ3) is 2.52. The van der Waals surface area contributed by atoms with Crippen molar-refractivity contribution in [3.05, 3.63) is 47.5 Å². The standard InChI is InChI=1S/C17H16O4/c1-19-14-5-6-16(20-2)15(9-14)12-7-11-3-4-13(18)8-17(11)21-10-12/h3-9,18H,10H2,1-2H3. The van der Waals surface area contributed by atoms with Gasteiger partial charge in [-0.15, -0.1) is 0 Å². The molecule has 1 aliphatic heterocycles. The van der Waals surface area contributed by atoms with E-state index in [9.17, 15) is 5.11 Å². The number of aromatic hydroxyl groups is 1. The third-order valence-electron chi connectivity index (χ3n) is 3.46. The van der Waals surface area contributed by atoms with Crippen molar-refractivity contribution in [3.8, 4) is 23.0 Å². The molecule has 0 unspecified atom stereocenters. The van der Waals surface area contributed by atoms with E-state index in [0.717, 1.165) is 28.2 Å². The molecule has 1 aliphatic rings. The highest BCUT2D eigenvalue weighted by Crippen LogP contribution is 2.37. The van der Waals surface area contributed by atoms with Gasteiger partial charge in [-0.1, -0.05) is 0 Å². The molecule has 1 heterocycles. The normalized spacial score (nSPS) is 13.0. The van der Waals surface area contributed by atoms with Crippen LogP contribution in [0.2, 0.25) is 0 Å². The summed E-state index contributed by atoms with van der Waals surface area (Å²) in [4.78, 5) is 0. The van der Waals surface area contributed by atoms with Crippen LogP contribution in [0, 0.1) is 0 Å². The molecule has 0 aliphatic carbocycles. The molecule has 21 heavy (non-hydrogen) atoms. The van der Waals surface area contributed by atoms with E-state index in [1.807, 2.05) is 30.3 Å². The number of fused-ring (bicyclic) bond motifs is 1. The summed E-state index contributed by atoms with van der Waals surface area (Å²) in [7, 11) is 3.27. The molecule has 1 N–H and O–H groups in total. The molecule has 108 valence electrons. The predicted octanol–water partition coefficient (Wildman–Crippen LogP) is 3.34. The molecule has 4 heteroatoms. The van der Waals surface area contributed by atoms with Gasteiger partial charge in [-0.3, -0.25) is 0 Å².